The van der Waals surface area contributed by atoms with Crippen LogP contribution in [0.3, 0.4) is 0 Å². The molecule has 2 atom stereocenters. The SMILES string of the molecule is CC(C)(C)OC(=O)N1CCN(CCS(=O)c2nn3cc(-c4ccccc4)nc3s2)CC1.O=C(C(=O)C(F)(F)F)C(F)(F)F.O=S(CCN1CCNCC1)c1nn2cc(-c3ccccc3)nc2s1. The maximum Gasteiger partial charge on any atom is 0.458 e. The van der Waals surface area contributed by atoms with Gasteiger partial charge in [0.2, 0.25) is 18.6 Å². The number of carbonyl (C=O) groups excluding carboxylic acids is 3. The Bertz CT molecular complexity index is 2570. The van der Waals surface area contributed by atoms with Crippen LogP contribution in [-0.4, -0.2) is 165 Å². The molecule has 0 spiro atoms. The number of imidazole rings is 2. The van der Waals surface area contributed by atoms with Crippen molar-refractivity contribution in [2.24, 2.45) is 0 Å². The summed E-state index contributed by atoms with van der Waals surface area (Å²) in [6.45, 7) is 14.0. The Labute approximate surface area is 393 Å². The van der Waals surface area contributed by atoms with Crippen LogP contribution in [0.2, 0.25) is 0 Å². The van der Waals surface area contributed by atoms with Crippen molar-refractivity contribution in [3.63, 3.8) is 0 Å². The summed E-state index contributed by atoms with van der Waals surface area (Å²) in [6, 6.07) is 20.0. The molecule has 2 aliphatic heterocycles. The highest BCUT2D eigenvalue weighted by Crippen LogP contribution is 2.26. The lowest BCUT2D eigenvalue weighted by Gasteiger charge is -2.35. The molecule has 8 rings (SSSR count). The fourth-order valence-electron chi connectivity index (χ4n) is 6.32. The number of amides is 1. The van der Waals surface area contributed by atoms with Gasteiger partial charge in [-0.2, -0.15) is 26.3 Å². The molecule has 2 aliphatic rings. The Balaban J connectivity index is 0.000000182. The van der Waals surface area contributed by atoms with Gasteiger partial charge in [-0.25, -0.2) is 23.8 Å². The van der Waals surface area contributed by atoms with Gasteiger partial charge in [-0.05, 0) is 20.8 Å². The third-order valence-corrected chi connectivity index (χ3v) is 14.8. The van der Waals surface area contributed by atoms with E-state index in [-0.39, 0.29) is 6.09 Å². The number of piperazine rings is 2. The van der Waals surface area contributed by atoms with Crippen molar-refractivity contribution in [3.8, 4) is 22.5 Å². The summed E-state index contributed by atoms with van der Waals surface area (Å²) >= 11 is 2.79. The van der Waals surface area contributed by atoms with Crippen LogP contribution in [0.5, 0.6) is 0 Å². The largest absolute Gasteiger partial charge is 0.458 e. The van der Waals surface area contributed by atoms with Gasteiger partial charge >= 0.3 is 30.0 Å². The van der Waals surface area contributed by atoms with Crippen LogP contribution in [0.25, 0.3) is 32.4 Å². The summed E-state index contributed by atoms with van der Waals surface area (Å²) in [7, 11) is -2.24. The van der Waals surface area contributed by atoms with E-state index in [0.29, 0.717) is 39.8 Å². The van der Waals surface area contributed by atoms with Gasteiger partial charge < -0.3 is 15.0 Å². The molecule has 2 saturated heterocycles. The molecule has 362 valence electrons. The highest BCUT2D eigenvalue weighted by molar-refractivity contribution is 7.87. The molecule has 2 aromatic carbocycles. The summed E-state index contributed by atoms with van der Waals surface area (Å²) in [4.78, 5) is 48.5. The standard InChI is InChI=1S/C21H27N5O3S2.C16H19N5OS2.C4F6O2/c1-21(2,3)29-20(27)25-11-9-24(10-12-25)13-14-31(28)19-23-26-15-17(22-18(26)30-19)16-7-5-4-6-8-16;22-24(11-10-20-8-6-17-7-9-20)16-19-21-12-14(18-15(21)23-16)13-4-2-1-3-5-13;5-3(6,7)1(11)2(12)4(8,9)10/h4-8,15H,9-14H2,1-3H3;1-5,12,17H,6-11H2;. The van der Waals surface area contributed by atoms with E-state index < -0.39 is 51.1 Å². The lowest BCUT2D eigenvalue weighted by molar-refractivity contribution is -0.193. The van der Waals surface area contributed by atoms with Crippen LogP contribution < -0.4 is 5.32 Å². The minimum absolute atomic E-state index is 0.267. The second kappa shape index (κ2) is 22.4. The van der Waals surface area contributed by atoms with Gasteiger partial charge in [0.1, 0.15) is 5.60 Å². The molecule has 67 heavy (non-hydrogen) atoms. The molecule has 1 amide bonds. The Morgan fingerprint density at radius 3 is 1.42 bits per heavy atom. The number of Topliss-reactive ketones (excluding diaryl/α,β-unsaturated/α-hetero) is 2. The first kappa shape index (κ1) is 51.4. The minimum Gasteiger partial charge on any atom is -0.444 e. The average Bonchev–Trinajstić information content (AvgIpc) is 4.09. The summed E-state index contributed by atoms with van der Waals surface area (Å²) < 4.78 is 102. The van der Waals surface area contributed by atoms with Gasteiger partial charge in [0.05, 0.1) is 45.4 Å². The molecule has 26 heteroatoms. The van der Waals surface area contributed by atoms with Crippen molar-refractivity contribution >= 4 is 71.9 Å². The molecule has 0 bridgehead atoms. The Morgan fingerprint density at radius 1 is 0.642 bits per heavy atom. The van der Waals surface area contributed by atoms with Crippen molar-refractivity contribution in [3.05, 3.63) is 73.1 Å². The zero-order valence-electron chi connectivity index (χ0n) is 36.3. The number of halogens is 6. The Morgan fingerprint density at radius 2 is 1.04 bits per heavy atom. The molecule has 16 nitrogen and oxygen atoms in total. The van der Waals surface area contributed by atoms with Gasteiger partial charge in [-0.1, -0.05) is 83.3 Å². The van der Waals surface area contributed by atoms with Gasteiger partial charge in [-0.3, -0.25) is 27.8 Å². The first-order valence-corrected chi connectivity index (χ1v) is 24.9. The number of nitrogens with zero attached hydrogens (tertiary/aromatic N) is 9. The van der Waals surface area contributed by atoms with E-state index in [9.17, 15) is 49.1 Å². The second-order valence-electron chi connectivity index (χ2n) is 15.8. The molecule has 2 unspecified atom stereocenters. The zero-order valence-corrected chi connectivity index (χ0v) is 39.6. The smallest absolute Gasteiger partial charge is 0.444 e. The number of nitrogens with one attached hydrogen (secondary N) is 1. The van der Waals surface area contributed by atoms with Crippen molar-refractivity contribution in [2.75, 3.05) is 77.0 Å². The predicted molar refractivity (Wildman–Crippen MR) is 241 cm³/mol. The lowest BCUT2D eigenvalue weighted by Crippen LogP contribution is -2.50. The number of alkyl halides is 6. The van der Waals surface area contributed by atoms with E-state index >= 15 is 0 Å². The molecular formula is C41H46F6N10O6S4. The number of aromatic nitrogens is 6. The van der Waals surface area contributed by atoms with E-state index in [4.69, 9.17) is 4.74 Å². The quantitative estimate of drug-likeness (QED) is 0.121. The highest BCUT2D eigenvalue weighted by Gasteiger charge is 2.54. The van der Waals surface area contributed by atoms with Gasteiger partial charge in [-0.15, -0.1) is 10.2 Å². The van der Waals surface area contributed by atoms with Crippen LogP contribution in [0.15, 0.2) is 81.7 Å². The normalized spacial score (nSPS) is 16.2. The van der Waals surface area contributed by atoms with Crippen molar-refractivity contribution in [2.45, 2.75) is 47.4 Å². The number of ether oxygens (including phenoxy) is 1. The van der Waals surface area contributed by atoms with E-state index in [0.717, 1.165) is 78.2 Å². The molecular weight excluding hydrogens is 971 g/mol. The van der Waals surface area contributed by atoms with E-state index in [1.807, 2.05) is 93.8 Å². The Kier molecular flexibility index (Phi) is 17.2. The monoisotopic (exact) mass is 1020 g/mol. The molecule has 0 saturated carbocycles. The third kappa shape index (κ3) is 14.8. The molecule has 4 aromatic heterocycles. The van der Waals surface area contributed by atoms with E-state index in [1.54, 1.807) is 13.9 Å². The lowest BCUT2D eigenvalue weighted by atomic mass is 10.2. The van der Waals surface area contributed by atoms with E-state index in [1.165, 1.54) is 22.7 Å². The number of rotatable bonds is 11. The zero-order chi connectivity index (χ0) is 48.5. The topological polar surface area (TPSA) is 177 Å². The molecule has 0 radical (unpaired) electrons. The first-order valence-electron chi connectivity index (χ1n) is 20.6. The van der Waals surface area contributed by atoms with Crippen LogP contribution in [0, 0.1) is 0 Å². The number of benzene rings is 2. The number of hydrogen-bond donors (Lipinski definition) is 1. The average molecular weight is 1020 g/mol. The summed E-state index contributed by atoms with van der Waals surface area (Å²) in [5, 5.41) is 12.3. The van der Waals surface area contributed by atoms with Gasteiger partial charge in [0.25, 0.3) is 0 Å². The number of fused-ring (bicyclic) bond motifs is 2. The molecule has 1 N–H and O–H groups in total. The predicted octanol–water partition coefficient (Wildman–Crippen LogP) is 5.84. The van der Waals surface area contributed by atoms with Crippen LogP contribution in [-0.2, 0) is 35.9 Å². The highest BCUT2D eigenvalue weighted by atomic mass is 32.2. The van der Waals surface area contributed by atoms with Crippen LogP contribution >= 0.6 is 22.7 Å². The fourth-order valence-corrected chi connectivity index (χ4v) is 10.8. The maximum absolute atomic E-state index is 12.7. The van der Waals surface area contributed by atoms with Crippen LogP contribution in [0.4, 0.5) is 31.1 Å². The minimum atomic E-state index is -5.77. The van der Waals surface area contributed by atoms with E-state index in [2.05, 4.69) is 35.3 Å². The molecule has 6 heterocycles. The third-order valence-electron chi connectivity index (χ3n) is 9.72. The number of carbonyl (C=O) groups is 3. The van der Waals surface area contributed by atoms with Gasteiger partial charge in [0, 0.05) is 88.1 Å². The summed E-state index contributed by atoms with van der Waals surface area (Å²) in [5.74, 6) is -5.68. The number of ketones is 2. The summed E-state index contributed by atoms with van der Waals surface area (Å²) in [6.07, 6.45) is -8.04. The van der Waals surface area contributed by atoms with Crippen LogP contribution in [0.1, 0.15) is 20.8 Å². The first-order chi connectivity index (χ1) is 31.6. The van der Waals surface area contributed by atoms with Gasteiger partial charge in [0.15, 0.2) is 0 Å². The molecule has 6 aromatic rings. The number of hydrogen-bond acceptors (Lipinski definition) is 15. The van der Waals surface area contributed by atoms with Crippen molar-refractivity contribution in [1.82, 2.24) is 49.2 Å². The summed E-state index contributed by atoms with van der Waals surface area (Å²) in [5.41, 5.74) is 3.37. The van der Waals surface area contributed by atoms with Crippen molar-refractivity contribution in [1.29, 1.82) is 0 Å². The molecule has 0 aliphatic carbocycles. The van der Waals surface area contributed by atoms with Crippen molar-refractivity contribution < 1.29 is 53.9 Å². The molecule has 2 fully saturated rings. The maximum atomic E-state index is 12.7. The Hall–Kier alpha value is -4.99. The second-order valence-corrected chi connectivity index (χ2v) is 21.2. The fraction of sp³-hybridized carbons (Fsp3) is 0.439.